The Balaban J connectivity index is 3.61. The zero-order chi connectivity index (χ0) is 11.0. The van der Waals surface area contributed by atoms with E-state index < -0.39 is 0 Å². The molecule has 0 radical (unpaired) electrons. The third-order valence-electron chi connectivity index (χ3n) is 1.64. The molecule has 2 N–H and O–H groups in total. The van der Waals surface area contributed by atoms with Crippen LogP contribution in [0.15, 0.2) is 0 Å². The van der Waals surface area contributed by atoms with Gasteiger partial charge in [0.2, 0.25) is 11.8 Å². The summed E-state index contributed by atoms with van der Waals surface area (Å²) in [6.45, 7) is 4.59. The minimum absolute atomic E-state index is 0.0565. The van der Waals surface area contributed by atoms with Crippen molar-refractivity contribution in [2.75, 3.05) is 13.1 Å². The highest BCUT2D eigenvalue weighted by Gasteiger charge is 2.12. The van der Waals surface area contributed by atoms with E-state index in [2.05, 4.69) is 26.6 Å². The maximum Gasteiger partial charge on any atom is 0.239 e. The maximum absolute atomic E-state index is 11.2. The van der Waals surface area contributed by atoms with Gasteiger partial charge in [-0.2, -0.15) is 0 Å². The van der Waals surface area contributed by atoms with Gasteiger partial charge >= 0.3 is 0 Å². The molecule has 0 heterocycles. The van der Waals surface area contributed by atoms with E-state index in [0.717, 1.165) is 6.42 Å². The van der Waals surface area contributed by atoms with Gasteiger partial charge in [0.1, 0.15) is 0 Å². The molecule has 0 fully saturated rings. The van der Waals surface area contributed by atoms with Gasteiger partial charge in [0, 0.05) is 6.54 Å². The fraction of sp³-hybridized carbons (Fsp3) is 0.778. The number of rotatable bonds is 6. The van der Waals surface area contributed by atoms with E-state index in [-0.39, 0.29) is 23.2 Å². The number of carbonyl (C=O) groups is 2. The molecule has 0 saturated carbocycles. The van der Waals surface area contributed by atoms with E-state index in [1.54, 1.807) is 0 Å². The zero-order valence-corrected chi connectivity index (χ0v) is 10.2. The molecular formula is C9H17BrN2O2. The molecule has 1 atom stereocenters. The normalized spacial score (nSPS) is 11.9. The standard InChI is InChI=1S/C9H17BrN2O2/c1-3-5-11-8(13)6-12-9(14)7(10)4-2/h7H,3-6H2,1-2H3,(H,11,13)(H,12,14). The summed E-state index contributed by atoms with van der Waals surface area (Å²) in [7, 11) is 0. The number of alkyl halides is 1. The average molecular weight is 265 g/mol. The molecule has 4 nitrogen and oxygen atoms in total. The maximum atomic E-state index is 11.2. The minimum Gasteiger partial charge on any atom is -0.355 e. The molecule has 82 valence electrons. The van der Waals surface area contributed by atoms with Crippen LogP contribution in [0.25, 0.3) is 0 Å². The van der Waals surface area contributed by atoms with Gasteiger partial charge in [-0.25, -0.2) is 0 Å². The second-order valence-corrected chi connectivity index (χ2v) is 4.05. The van der Waals surface area contributed by atoms with Crippen LogP contribution in [-0.2, 0) is 9.59 Å². The molecule has 0 aliphatic heterocycles. The second-order valence-electron chi connectivity index (χ2n) is 2.94. The van der Waals surface area contributed by atoms with Crippen LogP contribution in [0.2, 0.25) is 0 Å². The topological polar surface area (TPSA) is 58.2 Å². The molecule has 0 bridgehead atoms. The van der Waals surface area contributed by atoms with E-state index in [1.165, 1.54) is 0 Å². The molecule has 1 unspecified atom stereocenters. The number of hydrogen-bond acceptors (Lipinski definition) is 2. The van der Waals surface area contributed by atoms with E-state index in [0.29, 0.717) is 13.0 Å². The highest BCUT2D eigenvalue weighted by atomic mass is 79.9. The first-order chi connectivity index (χ1) is 6.61. The summed E-state index contributed by atoms with van der Waals surface area (Å²) in [6, 6.07) is 0. The molecule has 0 rings (SSSR count). The Morgan fingerprint density at radius 2 is 1.93 bits per heavy atom. The van der Waals surface area contributed by atoms with Gasteiger partial charge in [-0.1, -0.05) is 29.8 Å². The van der Waals surface area contributed by atoms with Crippen molar-refractivity contribution in [2.45, 2.75) is 31.5 Å². The fourth-order valence-corrected chi connectivity index (χ4v) is 0.952. The Morgan fingerprint density at radius 1 is 1.29 bits per heavy atom. The first-order valence-electron chi connectivity index (χ1n) is 4.80. The first kappa shape index (κ1) is 13.4. The summed E-state index contributed by atoms with van der Waals surface area (Å²) < 4.78 is 0. The van der Waals surface area contributed by atoms with Crippen molar-refractivity contribution in [3.05, 3.63) is 0 Å². The molecular weight excluding hydrogens is 248 g/mol. The van der Waals surface area contributed by atoms with Gasteiger partial charge in [-0.3, -0.25) is 9.59 Å². The fourth-order valence-electron chi connectivity index (χ4n) is 0.790. The van der Waals surface area contributed by atoms with Gasteiger partial charge in [0.15, 0.2) is 0 Å². The van der Waals surface area contributed by atoms with Gasteiger partial charge in [-0.15, -0.1) is 0 Å². The Bertz CT molecular complexity index is 197. The van der Waals surface area contributed by atoms with Gasteiger partial charge < -0.3 is 10.6 Å². The SMILES string of the molecule is CCCNC(=O)CNC(=O)C(Br)CC. The monoisotopic (exact) mass is 264 g/mol. The van der Waals surface area contributed by atoms with Gasteiger partial charge in [0.25, 0.3) is 0 Å². The number of nitrogens with one attached hydrogen (secondary N) is 2. The van der Waals surface area contributed by atoms with Crippen LogP contribution in [0.5, 0.6) is 0 Å². The Hall–Kier alpha value is -0.580. The molecule has 0 spiro atoms. The molecule has 0 aromatic carbocycles. The van der Waals surface area contributed by atoms with Crippen LogP contribution in [0.4, 0.5) is 0 Å². The van der Waals surface area contributed by atoms with E-state index in [1.807, 2.05) is 13.8 Å². The largest absolute Gasteiger partial charge is 0.355 e. The van der Waals surface area contributed by atoms with Crippen molar-refractivity contribution >= 4 is 27.7 Å². The smallest absolute Gasteiger partial charge is 0.239 e. The van der Waals surface area contributed by atoms with Crippen LogP contribution < -0.4 is 10.6 Å². The van der Waals surface area contributed by atoms with E-state index in [9.17, 15) is 9.59 Å². The molecule has 0 saturated heterocycles. The van der Waals surface area contributed by atoms with Crippen molar-refractivity contribution < 1.29 is 9.59 Å². The molecule has 14 heavy (non-hydrogen) atoms. The lowest BCUT2D eigenvalue weighted by Gasteiger charge is -2.08. The minimum atomic E-state index is -0.207. The third-order valence-corrected chi connectivity index (χ3v) is 2.70. The lowest BCUT2D eigenvalue weighted by atomic mass is 10.3. The number of hydrogen-bond donors (Lipinski definition) is 2. The summed E-state index contributed by atoms with van der Waals surface area (Å²) in [5.74, 6) is -0.282. The summed E-state index contributed by atoms with van der Waals surface area (Å²) in [5.41, 5.74) is 0. The van der Waals surface area contributed by atoms with Crippen molar-refractivity contribution in [3.63, 3.8) is 0 Å². The molecule has 2 amide bonds. The third kappa shape index (κ3) is 5.96. The summed E-state index contributed by atoms with van der Waals surface area (Å²) in [6.07, 6.45) is 1.61. The Morgan fingerprint density at radius 3 is 2.43 bits per heavy atom. The van der Waals surface area contributed by atoms with Crippen molar-refractivity contribution in [3.8, 4) is 0 Å². The number of amides is 2. The molecule has 0 aliphatic carbocycles. The van der Waals surface area contributed by atoms with Gasteiger partial charge in [0.05, 0.1) is 11.4 Å². The molecule has 0 aromatic heterocycles. The second kappa shape index (κ2) is 7.79. The van der Waals surface area contributed by atoms with E-state index >= 15 is 0 Å². The van der Waals surface area contributed by atoms with Crippen molar-refractivity contribution in [1.82, 2.24) is 10.6 Å². The predicted octanol–water partition coefficient (Wildman–Crippen LogP) is 0.802. The van der Waals surface area contributed by atoms with Crippen LogP contribution in [0, 0.1) is 0 Å². The molecule has 5 heteroatoms. The quantitative estimate of drug-likeness (QED) is 0.698. The number of halogens is 1. The summed E-state index contributed by atoms with van der Waals surface area (Å²) in [4.78, 5) is 22.1. The Labute approximate surface area is 92.9 Å². The predicted molar refractivity (Wildman–Crippen MR) is 59.3 cm³/mol. The molecule has 0 aliphatic rings. The zero-order valence-electron chi connectivity index (χ0n) is 8.60. The van der Waals surface area contributed by atoms with E-state index in [4.69, 9.17) is 0 Å². The Kier molecular flexibility index (Phi) is 7.47. The van der Waals surface area contributed by atoms with Crippen LogP contribution in [-0.4, -0.2) is 29.7 Å². The molecule has 0 aromatic rings. The van der Waals surface area contributed by atoms with Crippen molar-refractivity contribution in [1.29, 1.82) is 0 Å². The summed E-state index contributed by atoms with van der Waals surface area (Å²) >= 11 is 3.20. The average Bonchev–Trinajstić information content (AvgIpc) is 2.21. The summed E-state index contributed by atoms with van der Waals surface area (Å²) in [5, 5.41) is 5.22. The van der Waals surface area contributed by atoms with Gasteiger partial charge in [-0.05, 0) is 12.8 Å². The van der Waals surface area contributed by atoms with Crippen LogP contribution in [0.1, 0.15) is 26.7 Å². The first-order valence-corrected chi connectivity index (χ1v) is 5.71. The van der Waals surface area contributed by atoms with Crippen LogP contribution in [0.3, 0.4) is 0 Å². The lowest BCUT2D eigenvalue weighted by Crippen LogP contribution is -2.39. The van der Waals surface area contributed by atoms with Crippen molar-refractivity contribution in [2.24, 2.45) is 0 Å². The lowest BCUT2D eigenvalue weighted by molar-refractivity contribution is -0.125. The highest BCUT2D eigenvalue weighted by Crippen LogP contribution is 2.02. The number of carbonyl (C=O) groups excluding carboxylic acids is 2. The van der Waals surface area contributed by atoms with Crippen LogP contribution >= 0.6 is 15.9 Å². The highest BCUT2D eigenvalue weighted by molar-refractivity contribution is 9.10.